The Bertz CT molecular complexity index is 1440. The zero-order valence-electron chi connectivity index (χ0n) is 20.3. The molecule has 0 heterocycles. The molecule has 1 unspecified atom stereocenters. The highest BCUT2D eigenvalue weighted by atomic mass is 32.2. The fourth-order valence-electron chi connectivity index (χ4n) is 3.69. The summed E-state index contributed by atoms with van der Waals surface area (Å²) in [7, 11) is 0. The lowest BCUT2D eigenvalue weighted by molar-refractivity contribution is -0.384. The SMILES string of the molecule is Cc1ccc(C)c(NC(=O)C(Sc2ccc(NC(=O)c3cccc([N+](=O)[O-])c3)cc2)c2ccccc2)c1. The molecule has 0 aliphatic rings. The molecular weight excluding hydrogens is 486 g/mol. The number of hydrogen-bond acceptors (Lipinski definition) is 5. The maximum absolute atomic E-state index is 13.4. The van der Waals surface area contributed by atoms with Gasteiger partial charge in [0, 0.05) is 34.0 Å². The van der Waals surface area contributed by atoms with Crippen molar-refractivity contribution in [1.29, 1.82) is 0 Å². The van der Waals surface area contributed by atoms with Crippen LogP contribution in [0.5, 0.6) is 0 Å². The van der Waals surface area contributed by atoms with Crippen LogP contribution < -0.4 is 10.6 Å². The van der Waals surface area contributed by atoms with Gasteiger partial charge in [0.1, 0.15) is 5.25 Å². The van der Waals surface area contributed by atoms with Crippen LogP contribution >= 0.6 is 11.8 Å². The first kappa shape index (κ1) is 25.7. The molecule has 0 aromatic heterocycles. The van der Waals surface area contributed by atoms with E-state index in [-0.39, 0.29) is 17.2 Å². The third-order valence-corrected chi connectivity index (χ3v) is 6.94. The van der Waals surface area contributed by atoms with E-state index in [2.05, 4.69) is 10.6 Å². The first-order chi connectivity index (χ1) is 17.8. The largest absolute Gasteiger partial charge is 0.325 e. The van der Waals surface area contributed by atoms with Gasteiger partial charge in [0.2, 0.25) is 5.91 Å². The zero-order chi connectivity index (χ0) is 26.4. The zero-order valence-corrected chi connectivity index (χ0v) is 21.1. The highest BCUT2D eigenvalue weighted by Gasteiger charge is 2.23. The monoisotopic (exact) mass is 511 g/mol. The van der Waals surface area contributed by atoms with Gasteiger partial charge < -0.3 is 10.6 Å². The lowest BCUT2D eigenvalue weighted by Gasteiger charge is -2.18. The van der Waals surface area contributed by atoms with E-state index in [4.69, 9.17) is 0 Å². The number of carbonyl (C=O) groups excluding carboxylic acids is 2. The second kappa shape index (κ2) is 11.5. The molecule has 0 aliphatic heterocycles. The van der Waals surface area contributed by atoms with Crippen molar-refractivity contribution < 1.29 is 14.5 Å². The smallest absolute Gasteiger partial charge is 0.270 e. The van der Waals surface area contributed by atoms with E-state index in [0.29, 0.717) is 5.69 Å². The topological polar surface area (TPSA) is 101 Å². The molecule has 1 atom stereocenters. The van der Waals surface area contributed by atoms with Crippen LogP contribution in [0.1, 0.15) is 32.3 Å². The Labute approximate surface area is 219 Å². The van der Waals surface area contributed by atoms with Crippen molar-refractivity contribution in [2.45, 2.75) is 24.0 Å². The summed E-state index contributed by atoms with van der Waals surface area (Å²) in [6.45, 7) is 3.94. The van der Waals surface area contributed by atoms with E-state index in [1.54, 1.807) is 12.1 Å². The predicted octanol–water partition coefficient (Wildman–Crippen LogP) is 6.94. The number of hydrogen-bond donors (Lipinski definition) is 2. The average Bonchev–Trinajstić information content (AvgIpc) is 2.90. The summed E-state index contributed by atoms with van der Waals surface area (Å²) >= 11 is 1.41. The van der Waals surface area contributed by atoms with Gasteiger partial charge in [-0.1, -0.05) is 48.5 Å². The number of amides is 2. The van der Waals surface area contributed by atoms with Gasteiger partial charge in [0.15, 0.2) is 0 Å². The number of nitro groups is 1. The number of nitro benzene ring substituents is 1. The number of nitrogens with one attached hydrogen (secondary N) is 2. The lowest BCUT2D eigenvalue weighted by atomic mass is 10.1. The molecule has 4 aromatic rings. The van der Waals surface area contributed by atoms with Crippen molar-refractivity contribution in [3.8, 4) is 0 Å². The minimum absolute atomic E-state index is 0.132. The van der Waals surface area contributed by atoms with E-state index in [9.17, 15) is 19.7 Å². The van der Waals surface area contributed by atoms with E-state index < -0.39 is 16.1 Å². The third kappa shape index (κ3) is 6.62. The molecular formula is C29H25N3O4S. The van der Waals surface area contributed by atoms with Gasteiger partial charge in [-0.15, -0.1) is 11.8 Å². The number of thioether (sulfide) groups is 1. The first-order valence-corrected chi connectivity index (χ1v) is 12.4. The van der Waals surface area contributed by atoms with Crippen molar-refractivity contribution in [3.05, 3.63) is 129 Å². The summed E-state index contributed by atoms with van der Waals surface area (Å²) in [6, 6.07) is 28.2. The Kier molecular flexibility index (Phi) is 8.00. The average molecular weight is 512 g/mol. The maximum Gasteiger partial charge on any atom is 0.270 e. The van der Waals surface area contributed by atoms with Crippen LogP contribution in [0.3, 0.4) is 0 Å². The Balaban J connectivity index is 1.50. The Morgan fingerprint density at radius 1 is 0.838 bits per heavy atom. The number of rotatable bonds is 8. The molecule has 7 nitrogen and oxygen atoms in total. The molecule has 0 fully saturated rings. The molecule has 0 bridgehead atoms. The molecule has 2 N–H and O–H groups in total. The van der Waals surface area contributed by atoms with Crippen molar-refractivity contribution in [3.63, 3.8) is 0 Å². The van der Waals surface area contributed by atoms with Crippen molar-refractivity contribution in [1.82, 2.24) is 0 Å². The lowest BCUT2D eigenvalue weighted by Crippen LogP contribution is -2.19. The summed E-state index contributed by atoms with van der Waals surface area (Å²) < 4.78 is 0. The number of benzene rings is 4. The summed E-state index contributed by atoms with van der Waals surface area (Å²) in [6.07, 6.45) is 0. The van der Waals surface area contributed by atoms with E-state index in [1.165, 1.54) is 36.0 Å². The minimum atomic E-state index is -0.539. The van der Waals surface area contributed by atoms with E-state index >= 15 is 0 Å². The van der Waals surface area contributed by atoms with Crippen LogP contribution in [0, 0.1) is 24.0 Å². The number of non-ortho nitro benzene ring substituents is 1. The Hall–Kier alpha value is -4.43. The van der Waals surface area contributed by atoms with Gasteiger partial charge in [0.25, 0.3) is 11.6 Å². The number of nitrogens with zero attached hydrogens (tertiary/aromatic N) is 1. The van der Waals surface area contributed by atoms with Crippen molar-refractivity contribution >= 4 is 40.6 Å². The fourth-order valence-corrected chi connectivity index (χ4v) is 4.71. The van der Waals surface area contributed by atoms with Crippen LogP contribution in [-0.4, -0.2) is 16.7 Å². The Morgan fingerprint density at radius 2 is 1.57 bits per heavy atom. The van der Waals surface area contributed by atoms with E-state index in [1.807, 2.05) is 74.5 Å². The van der Waals surface area contributed by atoms with Gasteiger partial charge in [-0.2, -0.15) is 0 Å². The van der Waals surface area contributed by atoms with Gasteiger partial charge in [-0.3, -0.25) is 19.7 Å². The van der Waals surface area contributed by atoms with Gasteiger partial charge in [-0.25, -0.2) is 0 Å². The van der Waals surface area contributed by atoms with Crippen molar-refractivity contribution in [2.75, 3.05) is 10.6 Å². The first-order valence-electron chi connectivity index (χ1n) is 11.6. The van der Waals surface area contributed by atoms with Crippen LogP contribution in [0.25, 0.3) is 0 Å². The maximum atomic E-state index is 13.4. The summed E-state index contributed by atoms with van der Waals surface area (Å²) in [5, 5.41) is 16.3. The molecule has 0 radical (unpaired) electrons. The third-order valence-electron chi connectivity index (χ3n) is 5.68. The highest BCUT2D eigenvalue weighted by molar-refractivity contribution is 8.00. The van der Waals surface area contributed by atoms with Crippen LogP contribution in [-0.2, 0) is 4.79 Å². The molecule has 4 aromatic carbocycles. The molecule has 8 heteroatoms. The molecule has 37 heavy (non-hydrogen) atoms. The van der Waals surface area contributed by atoms with Crippen molar-refractivity contribution in [2.24, 2.45) is 0 Å². The molecule has 0 spiro atoms. The number of aryl methyl sites for hydroxylation is 2. The highest BCUT2D eigenvalue weighted by Crippen LogP contribution is 2.37. The van der Waals surface area contributed by atoms with Crippen LogP contribution in [0.4, 0.5) is 17.1 Å². The molecule has 0 saturated carbocycles. The molecule has 186 valence electrons. The molecule has 4 rings (SSSR count). The normalized spacial score (nSPS) is 11.4. The number of carbonyl (C=O) groups is 2. The van der Waals surface area contributed by atoms with Gasteiger partial charge in [0.05, 0.1) is 4.92 Å². The molecule has 0 saturated heterocycles. The molecule has 2 amide bonds. The summed E-state index contributed by atoms with van der Waals surface area (Å²) in [5.41, 5.74) is 4.29. The van der Waals surface area contributed by atoms with Crippen LogP contribution in [0.15, 0.2) is 102 Å². The van der Waals surface area contributed by atoms with Gasteiger partial charge in [-0.05, 0) is 66.9 Å². The summed E-state index contributed by atoms with van der Waals surface area (Å²) in [5.74, 6) is -0.577. The second-order valence-corrected chi connectivity index (χ2v) is 9.68. The fraction of sp³-hybridized carbons (Fsp3) is 0.103. The standard InChI is InChI=1S/C29H25N3O4S/c1-19-11-12-20(2)26(17-19)31-29(34)27(21-7-4-3-5-8-21)37-25-15-13-23(14-16-25)30-28(33)22-9-6-10-24(18-22)32(35)36/h3-18,27H,1-2H3,(H,30,33)(H,31,34). The minimum Gasteiger partial charge on any atom is -0.325 e. The van der Waals surface area contributed by atoms with Crippen LogP contribution in [0.2, 0.25) is 0 Å². The molecule has 0 aliphatic carbocycles. The van der Waals surface area contributed by atoms with E-state index in [0.717, 1.165) is 27.3 Å². The van der Waals surface area contributed by atoms with Gasteiger partial charge >= 0.3 is 0 Å². The summed E-state index contributed by atoms with van der Waals surface area (Å²) in [4.78, 5) is 37.2. The quantitative estimate of drug-likeness (QED) is 0.152. The second-order valence-electron chi connectivity index (χ2n) is 8.50. The predicted molar refractivity (Wildman–Crippen MR) is 147 cm³/mol. The number of anilines is 2. The Morgan fingerprint density at radius 3 is 2.27 bits per heavy atom.